The van der Waals surface area contributed by atoms with E-state index < -0.39 is 10.0 Å². The molecule has 1 amide bonds. The number of benzene rings is 2. The highest BCUT2D eigenvalue weighted by Gasteiger charge is 2.17. The van der Waals surface area contributed by atoms with Crippen molar-refractivity contribution >= 4 is 21.6 Å². The number of anilines is 1. The molecule has 1 heterocycles. The van der Waals surface area contributed by atoms with Crippen LogP contribution >= 0.6 is 0 Å². The molecule has 0 aliphatic carbocycles. The first-order valence-electron chi connectivity index (χ1n) is 9.89. The van der Waals surface area contributed by atoms with Crippen molar-refractivity contribution in [2.75, 3.05) is 25.0 Å². The maximum Gasteiger partial charge on any atom is 0.262 e. The van der Waals surface area contributed by atoms with Crippen molar-refractivity contribution in [3.05, 3.63) is 77.5 Å². The third kappa shape index (κ3) is 6.05. The summed E-state index contributed by atoms with van der Waals surface area (Å²) in [6, 6.07) is 14.9. The molecule has 2 aromatic carbocycles. The van der Waals surface area contributed by atoms with E-state index in [1.807, 2.05) is 13.0 Å². The first-order chi connectivity index (χ1) is 15.3. The molecule has 0 spiro atoms. The van der Waals surface area contributed by atoms with Gasteiger partial charge in [0.2, 0.25) is 5.88 Å². The van der Waals surface area contributed by atoms with E-state index in [9.17, 15) is 13.2 Å². The number of sulfonamides is 1. The summed E-state index contributed by atoms with van der Waals surface area (Å²) in [5.41, 5.74) is 2.49. The molecule has 0 unspecified atom stereocenters. The summed E-state index contributed by atoms with van der Waals surface area (Å²) in [4.78, 5) is 16.3. The van der Waals surface area contributed by atoms with E-state index in [1.54, 1.807) is 62.6 Å². The zero-order valence-electron chi connectivity index (χ0n) is 18.1. The van der Waals surface area contributed by atoms with Crippen molar-refractivity contribution in [1.29, 1.82) is 0 Å². The average Bonchev–Trinajstić information content (AvgIpc) is 2.75. The molecule has 0 radical (unpaired) electrons. The number of carbonyl (C=O) groups excluding carboxylic acids is 1. The van der Waals surface area contributed by atoms with Crippen LogP contribution in [-0.4, -0.2) is 39.6 Å². The van der Waals surface area contributed by atoms with E-state index in [0.717, 1.165) is 5.56 Å². The van der Waals surface area contributed by atoms with E-state index in [0.29, 0.717) is 41.6 Å². The molecule has 0 aliphatic rings. The molecule has 8 nitrogen and oxygen atoms in total. The zero-order chi connectivity index (χ0) is 23.1. The molecule has 0 bridgehead atoms. The van der Waals surface area contributed by atoms with Crippen LogP contribution in [0, 0.1) is 13.8 Å². The Labute approximate surface area is 187 Å². The minimum absolute atomic E-state index is 0.235. The Hall–Kier alpha value is -3.43. The molecule has 168 valence electrons. The second-order valence-electron chi connectivity index (χ2n) is 7.13. The van der Waals surface area contributed by atoms with Gasteiger partial charge in [0.25, 0.3) is 15.9 Å². The molecule has 0 saturated carbocycles. The average molecular weight is 456 g/mol. The minimum atomic E-state index is -3.70. The van der Waals surface area contributed by atoms with Crippen molar-refractivity contribution in [3.63, 3.8) is 0 Å². The highest BCUT2D eigenvalue weighted by atomic mass is 32.2. The Morgan fingerprint density at radius 1 is 1.03 bits per heavy atom. The number of hydrogen-bond acceptors (Lipinski definition) is 6. The van der Waals surface area contributed by atoms with Gasteiger partial charge in [-0.05, 0) is 55.8 Å². The van der Waals surface area contributed by atoms with Gasteiger partial charge in [-0.2, -0.15) is 0 Å². The van der Waals surface area contributed by atoms with Gasteiger partial charge >= 0.3 is 0 Å². The summed E-state index contributed by atoms with van der Waals surface area (Å²) in [5, 5.41) is 2.71. The maximum atomic E-state index is 12.7. The van der Waals surface area contributed by atoms with Gasteiger partial charge in [-0.1, -0.05) is 17.7 Å². The summed E-state index contributed by atoms with van der Waals surface area (Å²) < 4.78 is 38.5. The van der Waals surface area contributed by atoms with Crippen LogP contribution in [0.15, 0.2) is 65.7 Å². The van der Waals surface area contributed by atoms with Crippen LogP contribution in [0.4, 0.5) is 5.69 Å². The van der Waals surface area contributed by atoms with E-state index >= 15 is 0 Å². The van der Waals surface area contributed by atoms with Gasteiger partial charge in [0.1, 0.15) is 5.75 Å². The second kappa shape index (κ2) is 10.3. The van der Waals surface area contributed by atoms with Gasteiger partial charge in [0, 0.05) is 31.6 Å². The molecule has 1 aromatic heterocycles. The highest BCUT2D eigenvalue weighted by molar-refractivity contribution is 7.92. The summed E-state index contributed by atoms with van der Waals surface area (Å²) >= 11 is 0. The topological polar surface area (TPSA) is 107 Å². The van der Waals surface area contributed by atoms with Crippen LogP contribution in [0.2, 0.25) is 0 Å². The molecule has 0 saturated heterocycles. The van der Waals surface area contributed by atoms with E-state index in [1.165, 1.54) is 6.20 Å². The first kappa shape index (κ1) is 23.2. The number of aryl methyl sites for hydroxylation is 2. The van der Waals surface area contributed by atoms with Crippen molar-refractivity contribution in [2.45, 2.75) is 18.7 Å². The summed E-state index contributed by atoms with van der Waals surface area (Å²) in [6.45, 7) is 4.51. The Kier molecular flexibility index (Phi) is 7.45. The van der Waals surface area contributed by atoms with Gasteiger partial charge in [0.05, 0.1) is 17.1 Å². The Bertz CT molecular complexity index is 1180. The lowest BCUT2D eigenvalue weighted by molar-refractivity contribution is 0.0936. The Morgan fingerprint density at radius 3 is 2.41 bits per heavy atom. The summed E-state index contributed by atoms with van der Waals surface area (Å²) in [5.74, 6) is 0.535. The number of hydrogen-bond donors (Lipinski definition) is 2. The van der Waals surface area contributed by atoms with Gasteiger partial charge < -0.3 is 14.8 Å². The summed E-state index contributed by atoms with van der Waals surface area (Å²) in [6.07, 6.45) is 1.42. The fraction of sp³-hybridized carbons (Fsp3) is 0.217. The molecule has 0 aliphatic heterocycles. The number of ether oxygens (including phenoxy) is 2. The third-order valence-corrected chi connectivity index (χ3v) is 6.08. The Balaban J connectivity index is 1.63. The fourth-order valence-corrected chi connectivity index (χ4v) is 4.25. The number of pyridine rings is 1. The van der Waals surface area contributed by atoms with Crippen LogP contribution in [-0.2, 0) is 14.8 Å². The van der Waals surface area contributed by atoms with Gasteiger partial charge in [0.15, 0.2) is 0 Å². The zero-order valence-corrected chi connectivity index (χ0v) is 18.9. The van der Waals surface area contributed by atoms with Gasteiger partial charge in [-0.3, -0.25) is 9.52 Å². The molecular formula is C23H25N3O5S. The number of nitrogens with one attached hydrogen (secondary N) is 2. The normalized spacial score (nSPS) is 11.1. The van der Waals surface area contributed by atoms with Gasteiger partial charge in [-0.15, -0.1) is 0 Å². The van der Waals surface area contributed by atoms with Crippen molar-refractivity contribution in [3.8, 4) is 11.6 Å². The fourth-order valence-electron chi connectivity index (χ4n) is 2.97. The number of aromatic nitrogens is 1. The first-order valence-corrected chi connectivity index (χ1v) is 11.4. The second-order valence-corrected chi connectivity index (χ2v) is 8.79. The van der Waals surface area contributed by atoms with Crippen LogP contribution < -0.4 is 14.8 Å². The molecule has 2 N–H and O–H groups in total. The van der Waals surface area contributed by atoms with Crippen LogP contribution in [0.1, 0.15) is 21.5 Å². The molecular weight excluding hydrogens is 430 g/mol. The monoisotopic (exact) mass is 455 g/mol. The SMILES string of the molecule is COCCNC(=O)c1ccc(Oc2ccc(NS(=O)(=O)c3ccc(C)cc3C)cc2)nc1. The lowest BCUT2D eigenvalue weighted by Crippen LogP contribution is -2.26. The molecule has 0 fully saturated rings. The Morgan fingerprint density at radius 2 is 1.78 bits per heavy atom. The smallest absolute Gasteiger partial charge is 0.262 e. The van der Waals surface area contributed by atoms with Crippen LogP contribution in [0.5, 0.6) is 11.6 Å². The minimum Gasteiger partial charge on any atom is -0.439 e. The lowest BCUT2D eigenvalue weighted by Gasteiger charge is -2.12. The molecule has 32 heavy (non-hydrogen) atoms. The van der Waals surface area contributed by atoms with Crippen LogP contribution in [0.3, 0.4) is 0 Å². The van der Waals surface area contributed by atoms with Gasteiger partial charge in [-0.25, -0.2) is 13.4 Å². The largest absolute Gasteiger partial charge is 0.439 e. The third-order valence-electron chi connectivity index (χ3n) is 4.54. The number of methoxy groups -OCH3 is 1. The number of rotatable bonds is 9. The highest BCUT2D eigenvalue weighted by Crippen LogP contribution is 2.24. The van der Waals surface area contributed by atoms with Crippen molar-refractivity contribution < 1.29 is 22.7 Å². The van der Waals surface area contributed by atoms with E-state index in [2.05, 4.69) is 15.0 Å². The number of carbonyl (C=O) groups is 1. The predicted octanol–water partition coefficient (Wildman–Crippen LogP) is 3.67. The molecule has 9 heteroatoms. The summed E-state index contributed by atoms with van der Waals surface area (Å²) in [7, 11) is -2.14. The van der Waals surface area contributed by atoms with Crippen molar-refractivity contribution in [2.24, 2.45) is 0 Å². The molecule has 0 atom stereocenters. The standard InChI is InChI=1S/C23H25N3O5S/c1-16-4-10-21(17(2)14-16)32(28,29)26-19-6-8-20(9-7-19)31-22-11-5-18(15-25-22)23(27)24-12-13-30-3/h4-11,14-15,26H,12-13H2,1-3H3,(H,24,27). The van der Waals surface area contributed by atoms with Crippen molar-refractivity contribution in [1.82, 2.24) is 10.3 Å². The van der Waals surface area contributed by atoms with E-state index in [4.69, 9.17) is 9.47 Å². The lowest BCUT2D eigenvalue weighted by atomic mass is 10.2. The number of nitrogens with zero attached hydrogens (tertiary/aromatic N) is 1. The predicted molar refractivity (Wildman–Crippen MR) is 122 cm³/mol. The quantitative estimate of drug-likeness (QED) is 0.477. The van der Waals surface area contributed by atoms with Crippen LogP contribution in [0.25, 0.3) is 0 Å². The number of amides is 1. The van der Waals surface area contributed by atoms with E-state index in [-0.39, 0.29) is 10.8 Å². The maximum absolute atomic E-state index is 12.7. The molecule has 3 rings (SSSR count). The molecule has 3 aromatic rings.